The molecule has 0 bridgehead atoms. The molecule has 1 aromatic carbocycles. The van der Waals surface area contributed by atoms with Gasteiger partial charge < -0.3 is 9.64 Å². The van der Waals surface area contributed by atoms with E-state index < -0.39 is 0 Å². The fraction of sp³-hybridized carbons (Fsp3) is 0.500. The van der Waals surface area contributed by atoms with Crippen LogP contribution in [0.4, 0.5) is 0 Å². The van der Waals surface area contributed by atoms with Crippen molar-refractivity contribution < 1.29 is 9.53 Å². The van der Waals surface area contributed by atoms with E-state index in [1.165, 1.54) is 0 Å². The maximum absolute atomic E-state index is 12.6. The van der Waals surface area contributed by atoms with Crippen molar-refractivity contribution in [3.8, 4) is 10.6 Å². The SMILES string of the molecule is CC(C)N1CCOC(CC(=O)N(C)Cc2csc(-c3ccccc3)n2)C1. The van der Waals surface area contributed by atoms with Gasteiger partial charge in [0.05, 0.1) is 31.4 Å². The number of ether oxygens (including phenoxy) is 1. The van der Waals surface area contributed by atoms with Crippen LogP contribution in [0.2, 0.25) is 0 Å². The van der Waals surface area contributed by atoms with Crippen LogP contribution in [0.5, 0.6) is 0 Å². The van der Waals surface area contributed by atoms with E-state index in [-0.39, 0.29) is 12.0 Å². The highest BCUT2D eigenvalue weighted by molar-refractivity contribution is 7.13. The maximum atomic E-state index is 12.6. The van der Waals surface area contributed by atoms with Gasteiger partial charge in [-0.05, 0) is 13.8 Å². The molecule has 140 valence electrons. The number of hydrogen-bond acceptors (Lipinski definition) is 5. The molecule has 0 N–H and O–H groups in total. The molecule has 2 heterocycles. The van der Waals surface area contributed by atoms with Crippen molar-refractivity contribution in [3.63, 3.8) is 0 Å². The third-order valence-electron chi connectivity index (χ3n) is 4.70. The van der Waals surface area contributed by atoms with E-state index in [1.54, 1.807) is 16.2 Å². The summed E-state index contributed by atoms with van der Waals surface area (Å²) in [7, 11) is 1.84. The lowest BCUT2D eigenvalue weighted by atomic mass is 10.1. The van der Waals surface area contributed by atoms with Crippen LogP contribution in [0.1, 0.15) is 26.0 Å². The molecular weight excluding hydrogens is 346 g/mol. The van der Waals surface area contributed by atoms with E-state index in [1.807, 2.05) is 30.6 Å². The first-order valence-electron chi connectivity index (χ1n) is 9.12. The fourth-order valence-corrected chi connectivity index (χ4v) is 3.93. The summed E-state index contributed by atoms with van der Waals surface area (Å²) in [6.45, 7) is 7.37. The van der Waals surface area contributed by atoms with Crippen molar-refractivity contribution in [1.82, 2.24) is 14.8 Å². The van der Waals surface area contributed by atoms with Crippen molar-refractivity contribution in [3.05, 3.63) is 41.4 Å². The lowest BCUT2D eigenvalue weighted by Gasteiger charge is -2.35. The zero-order chi connectivity index (χ0) is 18.5. The second kappa shape index (κ2) is 8.75. The van der Waals surface area contributed by atoms with E-state index in [0.717, 1.165) is 29.4 Å². The minimum Gasteiger partial charge on any atom is -0.375 e. The van der Waals surface area contributed by atoms with Gasteiger partial charge in [-0.1, -0.05) is 30.3 Å². The molecule has 0 spiro atoms. The van der Waals surface area contributed by atoms with Gasteiger partial charge in [0.25, 0.3) is 0 Å². The molecule has 1 aliphatic rings. The average Bonchev–Trinajstić information content (AvgIpc) is 3.11. The number of hydrogen-bond donors (Lipinski definition) is 0. The van der Waals surface area contributed by atoms with Crippen molar-refractivity contribution in [2.24, 2.45) is 0 Å². The van der Waals surface area contributed by atoms with Gasteiger partial charge in [-0.2, -0.15) is 0 Å². The van der Waals surface area contributed by atoms with Crippen LogP contribution in [-0.2, 0) is 16.1 Å². The minimum absolute atomic E-state index is 0.0172. The summed E-state index contributed by atoms with van der Waals surface area (Å²) >= 11 is 1.62. The van der Waals surface area contributed by atoms with Gasteiger partial charge in [0.1, 0.15) is 5.01 Å². The quantitative estimate of drug-likeness (QED) is 0.780. The van der Waals surface area contributed by atoms with Crippen LogP contribution in [-0.4, -0.2) is 59.6 Å². The Morgan fingerprint density at radius 2 is 2.15 bits per heavy atom. The maximum Gasteiger partial charge on any atom is 0.225 e. The lowest BCUT2D eigenvalue weighted by molar-refractivity contribution is -0.135. The first kappa shape index (κ1) is 19.0. The van der Waals surface area contributed by atoms with Crippen molar-refractivity contribution in [2.45, 2.75) is 39.0 Å². The molecule has 0 radical (unpaired) electrons. The second-order valence-corrected chi connectivity index (χ2v) is 7.90. The van der Waals surface area contributed by atoms with E-state index in [0.29, 0.717) is 25.6 Å². The van der Waals surface area contributed by atoms with Crippen molar-refractivity contribution >= 4 is 17.2 Å². The molecule has 2 aromatic rings. The van der Waals surface area contributed by atoms with Crippen LogP contribution < -0.4 is 0 Å². The van der Waals surface area contributed by atoms with Crippen LogP contribution in [0.3, 0.4) is 0 Å². The van der Waals surface area contributed by atoms with E-state index in [2.05, 4.69) is 35.9 Å². The second-order valence-electron chi connectivity index (χ2n) is 7.05. The molecule has 1 saturated heterocycles. The van der Waals surface area contributed by atoms with E-state index >= 15 is 0 Å². The number of rotatable bonds is 6. The Labute approximate surface area is 159 Å². The summed E-state index contributed by atoms with van der Waals surface area (Å²) in [5.41, 5.74) is 2.04. The number of morpholine rings is 1. The fourth-order valence-electron chi connectivity index (χ4n) is 3.11. The number of carbonyl (C=O) groups excluding carboxylic acids is 1. The minimum atomic E-state index is -0.0172. The smallest absolute Gasteiger partial charge is 0.225 e. The van der Waals surface area contributed by atoms with Crippen molar-refractivity contribution in [1.29, 1.82) is 0 Å². The topological polar surface area (TPSA) is 45.7 Å². The Bertz CT molecular complexity index is 717. The molecule has 1 fully saturated rings. The standard InChI is InChI=1S/C20H27N3O2S/c1-15(2)23-9-10-25-18(13-23)11-19(24)22(3)12-17-14-26-20(21-17)16-7-5-4-6-8-16/h4-8,14-15,18H,9-13H2,1-3H3. The molecule has 1 aromatic heterocycles. The molecule has 0 aliphatic carbocycles. The Morgan fingerprint density at radius 1 is 1.38 bits per heavy atom. The van der Waals surface area contributed by atoms with Gasteiger partial charge in [0.15, 0.2) is 0 Å². The Kier molecular flexibility index (Phi) is 6.40. The summed E-state index contributed by atoms with van der Waals surface area (Å²) < 4.78 is 5.79. The van der Waals surface area contributed by atoms with Gasteiger partial charge in [-0.25, -0.2) is 4.98 Å². The lowest BCUT2D eigenvalue weighted by Crippen LogP contribution is -2.47. The highest BCUT2D eigenvalue weighted by Crippen LogP contribution is 2.24. The normalized spacial score (nSPS) is 18.2. The van der Waals surface area contributed by atoms with Crippen molar-refractivity contribution in [2.75, 3.05) is 26.7 Å². The Balaban J connectivity index is 1.54. The van der Waals surface area contributed by atoms with Gasteiger partial charge in [-0.15, -0.1) is 11.3 Å². The number of nitrogens with zero attached hydrogens (tertiary/aromatic N) is 3. The average molecular weight is 374 g/mol. The number of aromatic nitrogens is 1. The first-order valence-corrected chi connectivity index (χ1v) is 10.0. The third-order valence-corrected chi connectivity index (χ3v) is 5.64. The molecule has 1 amide bonds. The molecule has 0 saturated carbocycles. The van der Waals surface area contributed by atoms with Gasteiger partial charge >= 0.3 is 0 Å². The molecule has 26 heavy (non-hydrogen) atoms. The number of thiazole rings is 1. The summed E-state index contributed by atoms with van der Waals surface area (Å²) in [4.78, 5) is 21.4. The predicted molar refractivity (Wildman–Crippen MR) is 105 cm³/mol. The predicted octanol–water partition coefficient (Wildman–Crippen LogP) is 3.27. The van der Waals surface area contributed by atoms with E-state index in [9.17, 15) is 4.79 Å². The summed E-state index contributed by atoms with van der Waals surface area (Å²) in [5.74, 6) is 0.106. The number of carbonyl (C=O) groups is 1. The largest absolute Gasteiger partial charge is 0.375 e. The third kappa shape index (κ3) is 4.90. The Hall–Kier alpha value is -1.76. The monoisotopic (exact) mass is 373 g/mol. The zero-order valence-electron chi connectivity index (χ0n) is 15.7. The van der Waals surface area contributed by atoms with Crippen LogP contribution in [0.25, 0.3) is 10.6 Å². The molecule has 1 unspecified atom stereocenters. The van der Waals surface area contributed by atoms with Crippen LogP contribution in [0, 0.1) is 0 Å². The molecule has 6 heteroatoms. The molecule has 5 nitrogen and oxygen atoms in total. The van der Waals surface area contributed by atoms with Gasteiger partial charge in [0, 0.05) is 37.1 Å². The zero-order valence-corrected chi connectivity index (χ0v) is 16.5. The molecule has 1 atom stereocenters. The van der Waals surface area contributed by atoms with Crippen LogP contribution in [0.15, 0.2) is 35.7 Å². The molecular formula is C20H27N3O2S. The number of benzene rings is 1. The highest BCUT2D eigenvalue weighted by Gasteiger charge is 2.25. The summed E-state index contributed by atoms with van der Waals surface area (Å²) in [5, 5.41) is 3.02. The first-order chi connectivity index (χ1) is 12.5. The number of amides is 1. The molecule has 1 aliphatic heterocycles. The van der Waals surface area contributed by atoms with Gasteiger partial charge in [-0.3, -0.25) is 9.69 Å². The van der Waals surface area contributed by atoms with Crippen LogP contribution >= 0.6 is 11.3 Å². The Morgan fingerprint density at radius 3 is 2.88 bits per heavy atom. The summed E-state index contributed by atoms with van der Waals surface area (Å²) in [6.07, 6.45) is 0.409. The highest BCUT2D eigenvalue weighted by atomic mass is 32.1. The van der Waals surface area contributed by atoms with Gasteiger partial charge in [0.2, 0.25) is 5.91 Å². The summed E-state index contributed by atoms with van der Waals surface area (Å²) in [6, 6.07) is 10.6. The molecule has 3 rings (SSSR count). The van der Waals surface area contributed by atoms with E-state index in [4.69, 9.17) is 4.74 Å².